The highest BCUT2D eigenvalue weighted by Gasteiger charge is 2.49. The Labute approximate surface area is 99.9 Å². The Balaban J connectivity index is 2.18. The van der Waals surface area contributed by atoms with E-state index < -0.39 is 0 Å². The van der Waals surface area contributed by atoms with Crippen molar-refractivity contribution in [3.8, 4) is 0 Å². The van der Waals surface area contributed by atoms with Crippen molar-refractivity contribution in [3.05, 3.63) is 12.2 Å². The molecule has 2 fully saturated rings. The van der Waals surface area contributed by atoms with E-state index in [9.17, 15) is 5.11 Å². The van der Waals surface area contributed by atoms with Crippen molar-refractivity contribution >= 4 is 0 Å². The molecule has 0 heterocycles. The molecule has 0 aromatic rings. The molecule has 2 aliphatic rings. The van der Waals surface area contributed by atoms with Crippen LogP contribution in [0, 0.1) is 23.2 Å². The fourth-order valence-corrected chi connectivity index (χ4v) is 4.06. The first kappa shape index (κ1) is 12.2. The number of aliphatic hydroxyl groups excluding tert-OH is 1. The molecule has 0 aromatic carbocycles. The number of rotatable bonds is 1. The maximum Gasteiger partial charge on any atom is 0.0596 e. The van der Waals surface area contributed by atoms with E-state index in [0.717, 1.165) is 12.3 Å². The minimum absolute atomic E-state index is 0.0697. The van der Waals surface area contributed by atoms with E-state index in [0.29, 0.717) is 11.8 Å². The zero-order chi connectivity index (χ0) is 11.9. The van der Waals surface area contributed by atoms with Crippen molar-refractivity contribution in [2.75, 3.05) is 0 Å². The van der Waals surface area contributed by atoms with Crippen LogP contribution >= 0.6 is 0 Å². The molecule has 0 aliphatic heterocycles. The van der Waals surface area contributed by atoms with Crippen LogP contribution in [0.2, 0.25) is 0 Å². The standard InChI is InChI=1S/C15H26O/c1-10(2)12-7-8-15(4)13(9-12)11(3)5-6-14(15)16/h11-14,16H,1,5-9H2,2-4H3/t11-,12+,13?,14+,15+/m1/s1. The molecule has 1 N–H and O–H groups in total. The molecule has 16 heavy (non-hydrogen) atoms. The Morgan fingerprint density at radius 3 is 2.62 bits per heavy atom. The van der Waals surface area contributed by atoms with Gasteiger partial charge in [-0.15, -0.1) is 0 Å². The molecule has 0 radical (unpaired) electrons. The van der Waals surface area contributed by atoms with E-state index in [4.69, 9.17) is 0 Å². The lowest BCUT2D eigenvalue weighted by molar-refractivity contribution is -0.0957. The van der Waals surface area contributed by atoms with Gasteiger partial charge < -0.3 is 5.11 Å². The molecule has 92 valence electrons. The Morgan fingerprint density at radius 2 is 2.00 bits per heavy atom. The number of fused-ring (bicyclic) bond motifs is 1. The summed E-state index contributed by atoms with van der Waals surface area (Å²) in [5.74, 6) is 2.17. The molecule has 0 amide bonds. The van der Waals surface area contributed by atoms with Crippen LogP contribution < -0.4 is 0 Å². The van der Waals surface area contributed by atoms with Gasteiger partial charge in [-0.05, 0) is 62.2 Å². The molecule has 0 spiro atoms. The van der Waals surface area contributed by atoms with Crippen LogP contribution in [0.4, 0.5) is 0 Å². The maximum atomic E-state index is 10.3. The number of hydrogen-bond donors (Lipinski definition) is 1. The normalized spacial score (nSPS) is 48.5. The summed E-state index contributed by atoms with van der Waals surface area (Å²) in [5.41, 5.74) is 1.53. The average molecular weight is 222 g/mol. The van der Waals surface area contributed by atoms with E-state index in [-0.39, 0.29) is 11.5 Å². The smallest absolute Gasteiger partial charge is 0.0596 e. The molecule has 1 unspecified atom stereocenters. The SMILES string of the molecule is C=C(C)[C@H]1CC[C@@]2(C)C(C1)[C@H](C)CC[C@@H]2O. The quantitative estimate of drug-likeness (QED) is 0.669. The molecule has 0 bridgehead atoms. The van der Waals surface area contributed by atoms with Gasteiger partial charge in [0.1, 0.15) is 0 Å². The molecule has 0 aromatic heterocycles. The van der Waals surface area contributed by atoms with Crippen LogP contribution in [0.25, 0.3) is 0 Å². The summed E-state index contributed by atoms with van der Waals surface area (Å²) >= 11 is 0. The number of aliphatic hydroxyl groups is 1. The van der Waals surface area contributed by atoms with Gasteiger partial charge in [-0.2, -0.15) is 0 Å². The summed E-state index contributed by atoms with van der Waals surface area (Å²) in [7, 11) is 0. The van der Waals surface area contributed by atoms with Gasteiger partial charge in [0.05, 0.1) is 6.10 Å². The molecular formula is C15H26O. The Hall–Kier alpha value is -0.300. The molecule has 2 rings (SSSR count). The zero-order valence-corrected chi connectivity index (χ0v) is 11.0. The van der Waals surface area contributed by atoms with Crippen molar-refractivity contribution in [1.29, 1.82) is 0 Å². The van der Waals surface area contributed by atoms with E-state index in [1.54, 1.807) is 0 Å². The van der Waals surface area contributed by atoms with Crippen molar-refractivity contribution in [2.45, 2.75) is 59.0 Å². The summed E-state index contributed by atoms with van der Waals surface area (Å²) in [4.78, 5) is 0. The van der Waals surface area contributed by atoms with Gasteiger partial charge in [-0.1, -0.05) is 26.0 Å². The summed E-state index contributed by atoms with van der Waals surface area (Å²) in [6.45, 7) is 11.0. The maximum absolute atomic E-state index is 10.3. The van der Waals surface area contributed by atoms with Crippen LogP contribution in [0.1, 0.15) is 52.9 Å². The van der Waals surface area contributed by atoms with Crippen molar-refractivity contribution < 1.29 is 5.11 Å². The third-order valence-corrected chi connectivity index (χ3v) is 5.46. The molecule has 2 aliphatic carbocycles. The molecule has 5 atom stereocenters. The van der Waals surface area contributed by atoms with Crippen molar-refractivity contribution in [3.63, 3.8) is 0 Å². The van der Waals surface area contributed by atoms with E-state index >= 15 is 0 Å². The molecule has 1 nitrogen and oxygen atoms in total. The monoisotopic (exact) mass is 222 g/mol. The molecule has 1 heteroatoms. The predicted octanol–water partition coefficient (Wildman–Crippen LogP) is 3.78. The first-order valence-electron chi connectivity index (χ1n) is 6.78. The van der Waals surface area contributed by atoms with Gasteiger partial charge >= 0.3 is 0 Å². The summed E-state index contributed by atoms with van der Waals surface area (Å²) < 4.78 is 0. The van der Waals surface area contributed by atoms with Crippen LogP contribution in [0.5, 0.6) is 0 Å². The predicted molar refractivity (Wildman–Crippen MR) is 68.2 cm³/mol. The molecule has 0 saturated heterocycles. The van der Waals surface area contributed by atoms with E-state index in [2.05, 4.69) is 27.4 Å². The minimum atomic E-state index is -0.0697. The first-order chi connectivity index (χ1) is 7.45. The average Bonchev–Trinajstić information content (AvgIpc) is 2.24. The second kappa shape index (κ2) is 4.18. The minimum Gasteiger partial charge on any atom is -0.393 e. The second-order valence-electron chi connectivity index (χ2n) is 6.50. The van der Waals surface area contributed by atoms with Gasteiger partial charge in [0.15, 0.2) is 0 Å². The zero-order valence-electron chi connectivity index (χ0n) is 11.0. The summed E-state index contributed by atoms with van der Waals surface area (Å²) in [5, 5.41) is 10.3. The fraction of sp³-hybridized carbons (Fsp3) is 0.867. The summed E-state index contributed by atoms with van der Waals surface area (Å²) in [6.07, 6.45) is 5.80. The van der Waals surface area contributed by atoms with Crippen molar-refractivity contribution in [2.24, 2.45) is 23.2 Å². The second-order valence-corrected chi connectivity index (χ2v) is 6.50. The highest BCUT2D eigenvalue weighted by atomic mass is 16.3. The van der Waals surface area contributed by atoms with E-state index in [1.165, 1.54) is 31.3 Å². The number of hydrogen-bond acceptors (Lipinski definition) is 1. The fourth-order valence-electron chi connectivity index (χ4n) is 4.06. The van der Waals surface area contributed by atoms with Crippen LogP contribution in [0.15, 0.2) is 12.2 Å². The lowest BCUT2D eigenvalue weighted by atomic mass is 9.53. The lowest BCUT2D eigenvalue weighted by Crippen LogP contribution is -2.49. The third kappa shape index (κ3) is 1.84. The van der Waals surface area contributed by atoms with Gasteiger partial charge in [0, 0.05) is 0 Å². The summed E-state index contributed by atoms with van der Waals surface area (Å²) in [6, 6.07) is 0. The molecule has 2 saturated carbocycles. The van der Waals surface area contributed by atoms with Crippen molar-refractivity contribution in [1.82, 2.24) is 0 Å². The van der Waals surface area contributed by atoms with Crippen LogP contribution in [-0.4, -0.2) is 11.2 Å². The van der Waals surface area contributed by atoms with Gasteiger partial charge in [-0.3, -0.25) is 0 Å². The highest BCUT2D eigenvalue weighted by molar-refractivity contribution is 5.06. The topological polar surface area (TPSA) is 20.2 Å². The Morgan fingerprint density at radius 1 is 1.31 bits per heavy atom. The largest absolute Gasteiger partial charge is 0.393 e. The Bertz CT molecular complexity index is 283. The van der Waals surface area contributed by atoms with Crippen LogP contribution in [-0.2, 0) is 0 Å². The lowest BCUT2D eigenvalue weighted by Gasteiger charge is -2.53. The van der Waals surface area contributed by atoms with Gasteiger partial charge in [0.25, 0.3) is 0 Å². The van der Waals surface area contributed by atoms with E-state index in [1.807, 2.05) is 0 Å². The first-order valence-corrected chi connectivity index (χ1v) is 6.78. The third-order valence-electron chi connectivity index (χ3n) is 5.46. The molecular weight excluding hydrogens is 196 g/mol. The van der Waals surface area contributed by atoms with Crippen LogP contribution in [0.3, 0.4) is 0 Å². The Kier molecular flexibility index (Phi) is 3.18. The highest BCUT2D eigenvalue weighted by Crippen LogP contribution is 2.54. The van der Waals surface area contributed by atoms with Gasteiger partial charge in [0.2, 0.25) is 0 Å². The van der Waals surface area contributed by atoms with Gasteiger partial charge in [-0.25, -0.2) is 0 Å². The number of allylic oxidation sites excluding steroid dienone is 1.